The number of benzene rings is 2. The molecule has 0 aliphatic rings. The summed E-state index contributed by atoms with van der Waals surface area (Å²) in [5.41, 5.74) is 2.07. The molecule has 2 aromatic carbocycles. The average Bonchev–Trinajstić information content (AvgIpc) is 3.16. The van der Waals surface area contributed by atoms with Gasteiger partial charge in [0.05, 0.1) is 10.6 Å². The average molecular weight is 413 g/mol. The molecule has 8 heteroatoms. The van der Waals surface area contributed by atoms with E-state index in [0.29, 0.717) is 17.3 Å². The van der Waals surface area contributed by atoms with Crippen LogP contribution in [0.15, 0.2) is 65.6 Å². The number of hydrogen-bond acceptors (Lipinski definition) is 4. The van der Waals surface area contributed by atoms with E-state index >= 15 is 0 Å². The van der Waals surface area contributed by atoms with E-state index in [4.69, 9.17) is 0 Å². The molecule has 1 aromatic heterocycles. The summed E-state index contributed by atoms with van der Waals surface area (Å²) < 4.78 is 27.1. The fourth-order valence-electron chi connectivity index (χ4n) is 2.89. The Kier molecular flexibility index (Phi) is 6.03. The summed E-state index contributed by atoms with van der Waals surface area (Å²) in [6, 6.07) is 16.7. The molecule has 29 heavy (non-hydrogen) atoms. The highest BCUT2D eigenvalue weighted by Gasteiger charge is 2.22. The molecule has 0 fully saturated rings. The molecule has 0 unspecified atom stereocenters. The maximum Gasteiger partial charge on any atom is 0.276 e. The van der Waals surface area contributed by atoms with Crippen molar-refractivity contribution in [1.29, 1.82) is 0 Å². The molecule has 7 nitrogen and oxygen atoms in total. The van der Waals surface area contributed by atoms with Crippen molar-refractivity contribution in [2.24, 2.45) is 5.92 Å². The van der Waals surface area contributed by atoms with Gasteiger partial charge in [-0.15, -0.1) is 0 Å². The van der Waals surface area contributed by atoms with Gasteiger partial charge in [0.1, 0.15) is 0 Å². The lowest BCUT2D eigenvalue weighted by Gasteiger charge is -2.19. The highest BCUT2D eigenvalue weighted by Crippen LogP contribution is 2.24. The van der Waals surface area contributed by atoms with E-state index in [1.807, 2.05) is 6.07 Å². The van der Waals surface area contributed by atoms with Crippen molar-refractivity contribution in [2.75, 3.05) is 16.7 Å². The molecular weight excluding hydrogens is 388 g/mol. The highest BCUT2D eigenvalue weighted by atomic mass is 32.2. The largest absolute Gasteiger partial charge is 0.321 e. The molecular formula is C21H24N4O3S. The summed E-state index contributed by atoms with van der Waals surface area (Å²) in [4.78, 5) is 12.6. The van der Waals surface area contributed by atoms with Gasteiger partial charge < -0.3 is 5.32 Å². The molecule has 0 atom stereocenters. The molecule has 1 amide bonds. The lowest BCUT2D eigenvalue weighted by molar-refractivity contribution is 0.102. The lowest BCUT2D eigenvalue weighted by atomic mass is 10.1. The SMILES string of the molecule is CC(C)Cc1cc(C(=O)Nc2cccc(S(=O)(=O)N(C)c3ccccc3)c2)n[nH]1. The van der Waals surface area contributed by atoms with E-state index in [2.05, 4.69) is 29.4 Å². The van der Waals surface area contributed by atoms with Crippen molar-refractivity contribution in [3.05, 3.63) is 72.1 Å². The Bertz CT molecular complexity index is 1090. The molecule has 0 radical (unpaired) electrons. The van der Waals surface area contributed by atoms with Crippen LogP contribution in [0.2, 0.25) is 0 Å². The molecule has 152 valence electrons. The monoisotopic (exact) mass is 412 g/mol. The Morgan fingerprint density at radius 3 is 2.52 bits per heavy atom. The summed E-state index contributed by atoms with van der Waals surface area (Å²) >= 11 is 0. The van der Waals surface area contributed by atoms with Crippen molar-refractivity contribution in [2.45, 2.75) is 25.2 Å². The molecule has 0 aliphatic heterocycles. The molecule has 0 saturated carbocycles. The number of amides is 1. The first kappa shape index (κ1) is 20.6. The predicted octanol–water partition coefficient (Wildman–Crippen LogP) is 3.69. The predicted molar refractivity (Wildman–Crippen MR) is 114 cm³/mol. The zero-order valence-corrected chi connectivity index (χ0v) is 17.4. The Morgan fingerprint density at radius 1 is 1.10 bits per heavy atom. The number of sulfonamides is 1. The van der Waals surface area contributed by atoms with Gasteiger partial charge in [-0.1, -0.05) is 38.1 Å². The number of aromatic amines is 1. The van der Waals surface area contributed by atoms with E-state index in [1.54, 1.807) is 42.5 Å². The third-order valence-corrected chi connectivity index (χ3v) is 6.14. The summed E-state index contributed by atoms with van der Waals surface area (Å²) in [5, 5.41) is 9.61. The zero-order valence-electron chi connectivity index (χ0n) is 16.6. The Hall–Kier alpha value is -3.13. The van der Waals surface area contributed by atoms with Crippen LogP contribution in [-0.4, -0.2) is 31.6 Å². The Labute approximate surface area is 170 Å². The minimum Gasteiger partial charge on any atom is -0.321 e. The maximum atomic E-state index is 12.9. The van der Waals surface area contributed by atoms with E-state index in [-0.39, 0.29) is 10.6 Å². The van der Waals surface area contributed by atoms with Crippen molar-refractivity contribution >= 4 is 27.3 Å². The number of carbonyl (C=O) groups excluding carboxylic acids is 1. The van der Waals surface area contributed by atoms with Crippen LogP contribution in [-0.2, 0) is 16.4 Å². The minimum atomic E-state index is -3.76. The molecule has 0 bridgehead atoms. The van der Waals surface area contributed by atoms with Crippen LogP contribution in [0.25, 0.3) is 0 Å². The van der Waals surface area contributed by atoms with Crippen LogP contribution in [0.3, 0.4) is 0 Å². The van der Waals surface area contributed by atoms with Crippen LogP contribution in [0.5, 0.6) is 0 Å². The van der Waals surface area contributed by atoms with E-state index < -0.39 is 15.9 Å². The van der Waals surface area contributed by atoms with Crippen LogP contribution < -0.4 is 9.62 Å². The third kappa shape index (κ3) is 4.83. The van der Waals surface area contributed by atoms with Crippen LogP contribution in [0.1, 0.15) is 30.0 Å². The smallest absolute Gasteiger partial charge is 0.276 e. The molecule has 0 spiro atoms. The van der Waals surface area contributed by atoms with Crippen LogP contribution in [0.4, 0.5) is 11.4 Å². The van der Waals surface area contributed by atoms with Gasteiger partial charge in [-0.2, -0.15) is 5.10 Å². The van der Waals surface area contributed by atoms with E-state index in [1.165, 1.54) is 23.5 Å². The standard InChI is InChI=1S/C21H24N4O3S/c1-15(2)12-17-14-20(24-23-17)21(26)22-16-8-7-11-19(13-16)29(27,28)25(3)18-9-5-4-6-10-18/h4-11,13-15H,12H2,1-3H3,(H,22,26)(H,23,24). The number of para-hydroxylation sites is 1. The van der Waals surface area contributed by atoms with Crippen LogP contribution >= 0.6 is 0 Å². The second kappa shape index (κ2) is 8.48. The second-order valence-corrected chi connectivity index (χ2v) is 9.14. The number of H-pyrrole nitrogens is 1. The van der Waals surface area contributed by atoms with Crippen molar-refractivity contribution < 1.29 is 13.2 Å². The first-order valence-electron chi connectivity index (χ1n) is 9.27. The maximum absolute atomic E-state index is 12.9. The van der Waals surface area contributed by atoms with Gasteiger partial charge in [-0.25, -0.2) is 8.42 Å². The van der Waals surface area contributed by atoms with Crippen LogP contribution in [0, 0.1) is 5.92 Å². The molecule has 3 aromatic rings. The summed E-state index contributed by atoms with van der Waals surface area (Å²) in [6.07, 6.45) is 0.791. The van der Waals surface area contributed by atoms with Gasteiger partial charge in [0.2, 0.25) is 0 Å². The van der Waals surface area contributed by atoms with Gasteiger partial charge in [-0.3, -0.25) is 14.2 Å². The Balaban J connectivity index is 1.78. The minimum absolute atomic E-state index is 0.0872. The molecule has 1 heterocycles. The number of rotatable bonds is 7. The van der Waals surface area contributed by atoms with Crippen molar-refractivity contribution in [3.63, 3.8) is 0 Å². The van der Waals surface area contributed by atoms with Crippen molar-refractivity contribution in [3.8, 4) is 0 Å². The summed E-state index contributed by atoms with van der Waals surface area (Å²) in [7, 11) is -2.27. The number of anilines is 2. The van der Waals surface area contributed by atoms with Gasteiger partial charge in [0.25, 0.3) is 15.9 Å². The van der Waals surface area contributed by atoms with Gasteiger partial charge in [0.15, 0.2) is 5.69 Å². The zero-order chi connectivity index (χ0) is 21.0. The molecule has 0 saturated heterocycles. The molecule has 2 N–H and O–H groups in total. The van der Waals surface area contributed by atoms with Crippen molar-refractivity contribution in [1.82, 2.24) is 10.2 Å². The van der Waals surface area contributed by atoms with Gasteiger partial charge in [-0.05, 0) is 48.7 Å². The number of hydrogen-bond donors (Lipinski definition) is 2. The second-order valence-electron chi connectivity index (χ2n) is 7.17. The fourth-order valence-corrected chi connectivity index (χ4v) is 4.13. The number of carbonyl (C=O) groups is 1. The lowest BCUT2D eigenvalue weighted by Crippen LogP contribution is -2.26. The number of nitrogens with zero attached hydrogens (tertiary/aromatic N) is 2. The fraction of sp³-hybridized carbons (Fsp3) is 0.238. The quantitative estimate of drug-likeness (QED) is 0.619. The first-order chi connectivity index (χ1) is 13.8. The molecule has 3 rings (SSSR count). The number of aromatic nitrogens is 2. The highest BCUT2D eigenvalue weighted by molar-refractivity contribution is 7.92. The van der Waals surface area contributed by atoms with Gasteiger partial charge in [0, 0.05) is 18.4 Å². The summed E-state index contributed by atoms with van der Waals surface area (Å²) in [5.74, 6) is 0.0390. The summed E-state index contributed by atoms with van der Waals surface area (Å²) in [6.45, 7) is 4.16. The van der Waals surface area contributed by atoms with E-state index in [9.17, 15) is 13.2 Å². The number of nitrogens with one attached hydrogen (secondary N) is 2. The van der Waals surface area contributed by atoms with E-state index in [0.717, 1.165) is 12.1 Å². The van der Waals surface area contributed by atoms with Gasteiger partial charge >= 0.3 is 0 Å². The first-order valence-corrected chi connectivity index (χ1v) is 10.7. The third-order valence-electron chi connectivity index (χ3n) is 4.36. The normalized spacial score (nSPS) is 11.4. The Morgan fingerprint density at radius 2 is 1.83 bits per heavy atom. The molecule has 0 aliphatic carbocycles. The topological polar surface area (TPSA) is 95.2 Å².